The molecule has 1 aromatic heterocycles. The van der Waals surface area contributed by atoms with Gasteiger partial charge >= 0.3 is 5.97 Å². The number of benzene rings is 3. The molecule has 2 heterocycles. The van der Waals surface area contributed by atoms with Gasteiger partial charge in [0, 0.05) is 17.8 Å². The van der Waals surface area contributed by atoms with Gasteiger partial charge in [-0.05, 0) is 67.8 Å². The highest BCUT2D eigenvalue weighted by Gasteiger charge is 2.32. The van der Waals surface area contributed by atoms with Crippen molar-refractivity contribution in [3.05, 3.63) is 125 Å². The molecule has 0 bridgehead atoms. The van der Waals surface area contributed by atoms with Crippen molar-refractivity contribution >= 4 is 34.8 Å². The second-order valence-electron chi connectivity index (χ2n) is 9.55. The Labute approximate surface area is 251 Å². The number of hydrogen-bond donors (Lipinski definition) is 0. The van der Waals surface area contributed by atoms with Gasteiger partial charge in [-0.15, -0.1) is 0 Å². The van der Waals surface area contributed by atoms with Crippen LogP contribution in [0.1, 0.15) is 43.5 Å². The molecule has 0 unspecified atom stereocenters. The standard InChI is InChI=1S/C32H29N3O7S/c1-4-40-26-18-23(13-16-25(26)42-19-22-9-7-6-8-10-22)29-28(31(37)41-5-2)20(3)34-30(36)27(43-32(34)33-29)17-21-11-14-24(15-12-21)35(38)39/h6-18,29H,4-5,19H2,1-3H3/b27-17-/t29-/m1/s1. The number of carbonyl (C=O) groups excluding carboxylic acids is 1. The summed E-state index contributed by atoms with van der Waals surface area (Å²) in [4.78, 5) is 42.6. The number of non-ortho nitro benzene ring substituents is 1. The summed E-state index contributed by atoms with van der Waals surface area (Å²) < 4.78 is 19.1. The molecule has 4 aromatic rings. The lowest BCUT2D eigenvalue weighted by Gasteiger charge is -2.23. The molecule has 43 heavy (non-hydrogen) atoms. The van der Waals surface area contributed by atoms with Crippen LogP contribution in [0.2, 0.25) is 0 Å². The van der Waals surface area contributed by atoms with Crippen molar-refractivity contribution in [3.8, 4) is 11.5 Å². The Bertz CT molecular complexity index is 1880. The molecule has 1 aliphatic heterocycles. The predicted molar refractivity (Wildman–Crippen MR) is 163 cm³/mol. The van der Waals surface area contributed by atoms with E-state index in [0.29, 0.717) is 50.9 Å². The SMILES string of the molecule is CCOC(=O)C1=C(C)n2c(s/c(=C\c3ccc([N+](=O)[O-])cc3)c2=O)=N[C@@H]1c1ccc(OCc2ccccc2)c(OCC)c1. The lowest BCUT2D eigenvalue weighted by atomic mass is 9.96. The number of nitro benzene ring substituents is 1. The van der Waals surface area contributed by atoms with Crippen LogP contribution in [0.3, 0.4) is 0 Å². The Morgan fingerprint density at radius 3 is 2.44 bits per heavy atom. The number of thiazole rings is 1. The van der Waals surface area contributed by atoms with Gasteiger partial charge in [0.05, 0.1) is 28.2 Å². The molecule has 3 aromatic carbocycles. The molecule has 0 amide bonds. The Morgan fingerprint density at radius 2 is 1.77 bits per heavy atom. The number of carbonyl (C=O) groups is 1. The molecule has 0 fully saturated rings. The van der Waals surface area contributed by atoms with E-state index in [-0.39, 0.29) is 23.4 Å². The number of aromatic nitrogens is 1. The van der Waals surface area contributed by atoms with Gasteiger partial charge in [0.2, 0.25) is 0 Å². The van der Waals surface area contributed by atoms with Crippen molar-refractivity contribution in [3.63, 3.8) is 0 Å². The summed E-state index contributed by atoms with van der Waals surface area (Å²) in [5.74, 6) is 0.491. The van der Waals surface area contributed by atoms with Gasteiger partial charge in [-0.3, -0.25) is 19.5 Å². The normalized spacial score (nSPS) is 14.6. The van der Waals surface area contributed by atoms with E-state index in [0.717, 1.165) is 5.56 Å². The van der Waals surface area contributed by atoms with Gasteiger partial charge < -0.3 is 14.2 Å². The van der Waals surface area contributed by atoms with Crippen molar-refractivity contribution in [2.45, 2.75) is 33.4 Å². The second kappa shape index (κ2) is 12.9. The summed E-state index contributed by atoms with van der Waals surface area (Å²) in [5.41, 5.74) is 2.58. The Morgan fingerprint density at radius 1 is 1.02 bits per heavy atom. The van der Waals surface area contributed by atoms with E-state index in [2.05, 4.69) is 0 Å². The van der Waals surface area contributed by atoms with Gasteiger partial charge in [-0.2, -0.15) is 0 Å². The Hall–Kier alpha value is -5.03. The number of nitro groups is 1. The van der Waals surface area contributed by atoms with Crippen LogP contribution in [0, 0.1) is 10.1 Å². The highest BCUT2D eigenvalue weighted by atomic mass is 32.1. The first kappa shape index (κ1) is 29.5. The third-order valence-corrected chi connectivity index (χ3v) is 7.75. The van der Waals surface area contributed by atoms with E-state index < -0.39 is 16.9 Å². The number of hydrogen-bond acceptors (Lipinski definition) is 9. The van der Waals surface area contributed by atoms with Crippen molar-refractivity contribution in [2.75, 3.05) is 13.2 Å². The van der Waals surface area contributed by atoms with E-state index >= 15 is 0 Å². The van der Waals surface area contributed by atoms with Crippen LogP contribution < -0.4 is 24.4 Å². The topological polar surface area (TPSA) is 122 Å². The van der Waals surface area contributed by atoms with Gasteiger partial charge in [0.15, 0.2) is 16.3 Å². The number of nitrogens with zero attached hydrogens (tertiary/aromatic N) is 3. The fourth-order valence-corrected chi connectivity index (χ4v) is 5.76. The zero-order chi connectivity index (χ0) is 30.5. The van der Waals surface area contributed by atoms with Gasteiger partial charge in [0.25, 0.3) is 11.2 Å². The summed E-state index contributed by atoms with van der Waals surface area (Å²) in [5, 5.41) is 11.0. The zero-order valence-electron chi connectivity index (χ0n) is 23.8. The molecule has 5 rings (SSSR count). The lowest BCUT2D eigenvalue weighted by Crippen LogP contribution is -2.35. The molecular formula is C32H29N3O7S. The molecule has 10 nitrogen and oxygen atoms in total. The summed E-state index contributed by atoms with van der Waals surface area (Å²) >= 11 is 1.17. The average Bonchev–Trinajstić information content (AvgIpc) is 3.32. The number of ether oxygens (including phenoxy) is 3. The van der Waals surface area contributed by atoms with Crippen LogP contribution in [0.15, 0.2) is 88.2 Å². The number of rotatable bonds is 10. The first-order valence-electron chi connectivity index (χ1n) is 13.7. The van der Waals surface area contributed by atoms with E-state index in [1.807, 2.05) is 43.3 Å². The Balaban J connectivity index is 1.58. The number of fused-ring (bicyclic) bond motifs is 1. The molecule has 0 saturated carbocycles. The first-order valence-corrected chi connectivity index (χ1v) is 14.5. The van der Waals surface area contributed by atoms with Crippen LogP contribution in [0.4, 0.5) is 5.69 Å². The molecule has 0 spiro atoms. The first-order chi connectivity index (χ1) is 20.8. The smallest absolute Gasteiger partial charge is 0.338 e. The highest BCUT2D eigenvalue weighted by molar-refractivity contribution is 7.07. The van der Waals surface area contributed by atoms with Crippen LogP contribution >= 0.6 is 11.3 Å². The van der Waals surface area contributed by atoms with E-state index in [1.165, 1.54) is 28.0 Å². The van der Waals surface area contributed by atoms with Crippen LogP contribution in [0.5, 0.6) is 11.5 Å². The fraction of sp³-hybridized carbons (Fsp3) is 0.219. The Kier molecular flexibility index (Phi) is 8.82. The number of esters is 1. The van der Waals surface area contributed by atoms with E-state index in [1.54, 1.807) is 44.2 Å². The maximum Gasteiger partial charge on any atom is 0.338 e. The summed E-state index contributed by atoms with van der Waals surface area (Å²) in [6, 6.07) is 20.4. The molecule has 0 aliphatic carbocycles. The van der Waals surface area contributed by atoms with Crippen molar-refractivity contribution in [1.29, 1.82) is 0 Å². The van der Waals surface area contributed by atoms with Crippen molar-refractivity contribution in [2.24, 2.45) is 4.99 Å². The summed E-state index contributed by atoms with van der Waals surface area (Å²) in [7, 11) is 0. The van der Waals surface area contributed by atoms with Gasteiger partial charge in [-0.25, -0.2) is 9.79 Å². The fourth-order valence-electron chi connectivity index (χ4n) is 4.72. The minimum atomic E-state index is -0.758. The second-order valence-corrected chi connectivity index (χ2v) is 10.6. The highest BCUT2D eigenvalue weighted by Crippen LogP contribution is 2.37. The maximum absolute atomic E-state index is 13.5. The van der Waals surface area contributed by atoms with Gasteiger partial charge in [0.1, 0.15) is 12.6 Å². The molecule has 220 valence electrons. The van der Waals surface area contributed by atoms with Crippen LogP contribution in [0.25, 0.3) is 11.8 Å². The lowest BCUT2D eigenvalue weighted by molar-refractivity contribution is -0.384. The minimum absolute atomic E-state index is 0.0436. The molecule has 11 heteroatoms. The molecule has 1 aliphatic rings. The van der Waals surface area contributed by atoms with Gasteiger partial charge in [-0.1, -0.05) is 47.7 Å². The van der Waals surface area contributed by atoms with Crippen LogP contribution in [-0.2, 0) is 16.1 Å². The van der Waals surface area contributed by atoms with E-state index in [9.17, 15) is 19.7 Å². The largest absolute Gasteiger partial charge is 0.490 e. The minimum Gasteiger partial charge on any atom is -0.490 e. The van der Waals surface area contributed by atoms with Crippen molar-refractivity contribution in [1.82, 2.24) is 4.57 Å². The molecule has 0 saturated heterocycles. The third-order valence-electron chi connectivity index (χ3n) is 6.76. The van der Waals surface area contributed by atoms with E-state index in [4.69, 9.17) is 19.2 Å². The number of allylic oxidation sites excluding steroid dienone is 1. The monoisotopic (exact) mass is 599 g/mol. The zero-order valence-corrected chi connectivity index (χ0v) is 24.6. The van der Waals surface area contributed by atoms with Crippen molar-refractivity contribution < 1.29 is 23.9 Å². The molecular weight excluding hydrogens is 570 g/mol. The summed E-state index contributed by atoms with van der Waals surface area (Å²) in [6.07, 6.45) is 1.65. The molecule has 1 atom stereocenters. The quantitative estimate of drug-likeness (QED) is 0.146. The average molecular weight is 600 g/mol. The van der Waals surface area contributed by atoms with Crippen LogP contribution in [-0.4, -0.2) is 28.7 Å². The molecule has 0 radical (unpaired) electrons. The predicted octanol–water partition coefficient (Wildman–Crippen LogP) is 4.79. The third kappa shape index (κ3) is 6.26. The summed E-state index contributed by atoms with van der Waals surface area (Å²) in [6.45, 7) is 6.20. The maximum atomic E-state index is 13.5. The molecule has 0 N–H and O–H groups in total.